The molecular formula is C13H19BrO. The fraction of sp³-hybridized carbons (Fsp3) is 0.538. The van der Waals surface area contributed by atoms with E-state index in [0.717, 1.165) is 18.6 Å². The average molecular weight is 271 g/mol. The van der Waals surface area contributed by atoms with Crippen molar-refractivity contribution in [3.8, 4) is 5.75 Å². The van der Waals surface area contributed by atoms with E-state index in [1.165, 1.54) is 16.7 Å². The fourth-order valence-corrected chi connectivity index (χ4v) is 2.22. The Kier molecular flexibility index (Phi) is 4.65. The summed E-state index contributed by atoms with van der Waals surface area (Å²) in [6.07, 6.45) is 2.17. The van der Waals surface area contributed by atoms with E-state index >= 15 is 0 Å². The van der Waals surface area contributed by atoms with Crippen LogP contribution >= 0.6 is 15.9 Å². The van der Waals surface area contributed by atoms with Crippen LogP contribution in [0.3, 0.4) is 0 Å². The van der Waals surface area contributed by atoms with E-state index < -0.39 is 0 Å². The minimum atomic E-state index is 0.535. The second-order valence-corrected chi connectivity index (χ2v) is 5.28. The topological polar surface area (TPSA) is 9.23 Å². The van der Waals surface area contributed by atoms with Gasteiger partial charge in [-0.2, -0.15) is 0 Å². The van der Waals surface area contributed by atoms with Crippen LogP contribution in [0, 0.1) is 13.8 Å². The Bertz CT molecular complexity index is 334. The Morgan fingerprint density at radius 2 is 2.00 bits per heavy atom. The van der Waals surface area contributed by atoms with Crippen LogP contribution in [-0.4, -0.2) is 11.9 Å². The highest BCUT2D eigenvalue weighted by Gasteiger charge is 2.10. The third-order valence-corrected chi connectivity index (χ3v) is 3.56. The van der Waals surface area contributed by atoms with Crippen molar-refractivity contribution in [2.45, 2.75) is 38.4 Å². The second-order valence-electron chi connectivity index (χ2n) is 3.98. The molecule has 0 bridgehead atoms. The van der Waals surface area contributed by atoms with Gasteiger partial charge in [-0.15, -0.1) is 0 Å². The maximum Gasteiger partial charge on any atom is 0.125 e. The summed E-state index contributed by atoms with van der Waals surface area (Å²) in [7, 11) is 1.75. The number of methoxy groups -OCH3 is 1. The van der Waals surface area contributed by atoms with Crippen LogP contribution in [-0.2, 0) is 6.42 Å². The summed E-state index contributed by atoms with van der Waals surface area (Å²) >= 11 is 3.67. The van der Waals surface area contributed by atoms with Gasteiger partial charge in [0.05, 0.1) is 7.11 Å². The first-order valence-corrected chi connectivity index (χ1v) is 6.28. The van der Waals surface area contributed by atoms with Gasteiger partial charge in [-0.1, -0.05) is 40.5 Å². The van der Waals surface area contributed by atoms with E-state index in [0.29, 0.717) is 4.83 Å². The summed E-state index contributed by atoms with van der Waals surface area (Å²) in [4.78, 5) is 0.535. The zero-order valence-corrected chi connectivity index (χ0v) is 11.5. The summed E-state index contributed by atoms with van der Waals surface area (Å²) in [6, 6.07) is 4.38. The molecule has 15 heavy (non-hydrogen) atoms. The normalized spacial score (nSPS) is 12.6. The average Bonchev–Trinajstić information content (AvgIpc) is 2.17. The molecule has 0 saturated heterocycles. The number of rotatable bonds is 4. The SMILES string of the molecule is CCC(Br)Cc1cc(C)cc(C)c1OC. The van der Waals surface area contributed by atoms with E-state index in [4.69, 9.17) is 4.74 Å². The van der Waals surface area contributed by atoms with Gasteiger partial charge in [-0.25, -0.2) is 0 Å². The van der Waals surface area contributed by atoms with Crippen molar-refractivity contribution in [1.29, 1.82) is 0 Å². The Hall–Kier alpha value is -0.500. The molecule has 0 N–H and O–H groups in total. The van der Waals surface area contributed by atoms with Gasteiger partial charge in [-0.3, -0.25) is 0 Å². The van der Waals surface area contributed by atoms with Gasteiger partial charge in [0.15, 0.2) is 0 Å². The van der Waals surface area contributed by atoms with Gasteiger partial charge in [-0.05, 0) is 37.8 Å². The number of hydrogen-bond acceptors (Lipinski definition) is 1. The number of halogens is 1. The van der Waals surface area contributed by atoms with Crippen molar-refractivity contribution in [2.24, 2.45) is 0 Å². The molecule has 0 amide bonds. The lowest BCUT2D eigenvalue weighted by Gasteiger charge is -2.14. The molecule has 0 saturated carbocycles. The first-order valence-electron chi connectivity index (χ1n) is 5.36. The molecule has 0 aliphatic rings. The molecule has 0 aromatic heterocycles. The predicted octanol–water partition coefficient (Wildman–Crippen LogP) is 4.03. The molecule has 0 heterocycles. The zero-order chi connectivity index (χ0) is 11.4. The molecule has 1 rings (SSSR count). The van der Waals surface area contributed by atoms with Crippen molar-refractivity contribution in [1.82, 2.24) is 0 Å². The maximum absolute atomic E-state index is 5.46. The van der Waals surface area contributed by atoms with Crippen LogP contribution in [0.25, 0.3) is 0 Å². The lowest BCUT2D eigenvalue weighted by Crippen LogP contribution is -2.04. The first-order chi connectivity index (χ1) is 7.08. The third-order valence-electron chi connectivity index (χ3n) is 2.58. The molecule has 1 nitrogen and oxygen atoms in total. The van der Waals surface area contributed by atoms with Crippen molar-refractivity contribution in [2.75, 3.05) is 7.11 Å². The van der Waals surface area contributed by atoms with Crippen molar-refractivity contribution < 1.29 is 4.74 Å². The minimum absolute atomic E-state index is 0.535. The van der Waals surface area contributed by atoms with Crippen LogP contribution in [0.15, 0.2) is 12.1 Å². The molecule has 1 aromatic carbocycles. The summed E-state index contributed by atoms with van der Waals surface area (Å²) in [6.45, 7) is 6.42. The molecule has 2 heteroatoms. The smallest absolute Gasteiger partial charge is 0.125 e. The second kappa shape index (κ2) is 5.55. The minimum Gasteiger partial charge on any atom is -0.496 e. The highest BCUT2D eigenvalue weighted by Crippen LogP contribution is 2.27. The highest BCUT2D eigenvalue weighted by atomic mass is 79.9. The van der Waals surface area contributed by atoms with E-state index in [9.17, 15) is 0 Å². The Balaban J connectivity index is 3.03. The summed E-state index contributed by atoms with van der Waals surface area (Å²) < 4.78 is 5.46. The molecule has 1 atom stereocenters. The number of ether oxygens (including phenoxy) is 1. The van der Waals surface area contributed by atoms with Crippen LogP contribution in [0.2, 0.25) is 0 Å². The van der Waals surface area contributed by atoms with Gasteiger partial charge in [0.1, 0.15) is 5.75 Å². The van der Waals surface area contributed by atoms with Gasteiger partial charge in [0, 0.05) is 4.83 Å². The van der Waals surface area contributed by atoms with Crippen LogP contribution in [0.1, 0.15) is 30.0 Å². The van der Waals surface area contributed by atoms with Crippen molar-refractivity contribution in [3.05, 3.63) is 28.8 Å². The lowest BCUT2D eigenvalue weighted by atomic mass is 10.0. The van der Waals surface area contributed by atoms with Crippen molar-refractivity contribution >= 4 is 15.9 Å². The molecule has 1 unspecified atom stereocenters. The predicted molar refractivity (Wildman–Crippen MR) is 69.2 cm³/mol. The number of hydrogen-bond donors (Lipinski definition) is 0. The van der Waals surface area contributed by atoms with Crippen molar-refractivity contribution in [3.63, 3.8) is 0 Å². The summed E-state index contributed by atoms with van der Waals surface area (Å²) in [5.41, 5.74) is 3.83. The molecule has 0 radical (unpaired) electrons. The quantitative estimate of drug-likeness (QED) is 0.751. The molecular weight excluding hydrogens is 252 g/mol. The fourth-order valence-electron chi connectivity index (χ4n) is 1.87. The number of aryl methyl sites for hydroxylation is 2. The highest BCUT2D eigenvalue weighted by molar-refractivity contribution is 9.09. The standard InChI is InChI=1S/C13H19BrO/c1-5-12(14)8-11-7-9(2)6-10(3)13(11)15-4/h6-7,12H,5,8H2,1-4H3. The Labute approximate surface area is 101 Å². The van der Waals surface area contributed by atoms with Crippen LogP contribution in [0.5, 0.6) is 5.75 Å². The Morgan fingerprint density at radius 1 is 1.33 bits per heavy atom. The Morgan fingerprint density at radius 3 is 2.53 bits per heavy atom. The molecule has 0 aliphatic heterocycles. The van der Waals surface area contributed by atoms with E-state index in [1.54, 1.807) is 7.11 Å². The van der Waals surface area contributed by atoms with Crippen LogP contribution in [0.4, 0.5) is 0 Å². The maximum atomic E-state index is 5.46. The van der Waals surface area contributed by atoms with Gasteiger partial charge >= 0.3 is 0 Å². The molecule has 0 fully saturated rings. The number of benzene rings is 1. The zero-order valence-electron chi connectivity index (χ0n) is 9.93. The lowest BCUT2D eigenvalue weighted by molar-refractivity contribution is 0.406. The van der Waals surface area contributed by atoms with Gasteiger partial charge in [0.2, 0.25) is 0 Å². The van der Waals surface area contributed by atoms with Gasteiger partial charge < -0.3 is 4.74 Å². The first kappa shape index (κ1) is 12.6. The van der Waals surface area contributed by atoms with E-state index in [-0.39, 0.29) is 0 Å². The summed E-state index contributed by atoms with van der Waals surface area (Å²) in [5.74, 6) is 1.04. The number of alkyl halides is 1. The van der Waals surface area contributed by atoms with E-state index in [2.05, 4.69) is 48.8 Å². The van der Waals surface area contributed by atoms with E-state index in [1.807, 2.05) is 0 Å². The molecule has 0 spiro atoms. The van der Waals surface area contributed by atoms with Gasteiger partial charge in [0.25, 0.3) is 0 Å². The molecule has 84 valence electrons. The monoisotopic (exact) mass is 270 g/mol. The van der Waals surface area contributed by atoms with Crippen LogP contribution < -0.4 is 4.74 Å². The largest absolute Gasteiger partial charge is 0.496 e. The third kappa shape index (κ3) is 3.23. The summed E-state index contributed by atoms with van der Waals surface area (Å²) in [5, 5.41) is 0. The molecule has 0 aliphatic carbocycles. The molecule has 1 aromatic rings.